The summed E-state index contributed by atoms with van der Waals surface area (Å²) < 4.78 is 13.3. The molecule has 7 heteroatoms. The van der Waals surface area contributed by atoms with Crippen LogP contribution in [0.4, 0.5) is 0 Å². The van der Waals surface area contributed by atoms with Crippen molar-refractivity contribution in [1.29, 1.82) is 0 Å². The van der Waals surface area contributed by atoms with Gasteiger partial charge in [-0.25, -0.2) is 0 Å². The molecule has 2 fully saturated rings. The number of hydrogen-bond acceptors (Lipinski definition) is 6. The zero-order chi connectivity index (χ0) is 15.1. The predicted molar refractivity (Wildman–Crippen MR) is 77.9 cm³/mol. The lowest BCUT2D eigenvalue weighted by Crippen LogP contribution is -2.41. The summed E-state index contributed by atoms with van der Waals surface area (Å²) in [5.74, 6) is 1.90. The van der Waals surface area contributed by atoms with Crippen LogP contribution in [0.1, 0.15) is 36.2 Å². The molecule has 0 unspecified atom stereocenters. The van der Waals surface area contributed by atoms with Crippen molar-refractivity contribution in [3.05, 3.63) is 29.7 Å². The summed E-state index contributed by atoms with van der Waals surface area (Å²) in [5, 5.41) is 8.10. The third-order valence-electron chi connectivity index (χ3n) is 4.62. The van der Waals surface area contributed by atoms with Crippen molar-refractivity contribution in [1.82, 2.24) is 24.8 Å². The summed E-state index contributed by atoms with van der Waals surface area (Å²) in [6.07, 6.45) is 6.40. The molecule has 22 heavy (non-hydrogen) atoms. The minimum Gasteiger partial charge on any atom is -0.364 e. The van der Waals surface area contributed by atoms with Crippen molar-refractivity contribution in [3.63, 3.8) is 0 Å². The average Bonchev–Trinajstić information content (AvgIpc) is 3.18. The Balaban J connectivity index is 1.39. The van der Waals surface area contributed by atoms with Gasteiger partial charge < -0.3 is 9.26 Å². The van der Waals surface area contributed by atoms with Crippen LogP contribution >= 0.6 is 0 Å². The van der Waals surface area contributed by atoms with Gasteiger partial charge in [-0.3, -0.25) is 9.58 Å². The number of aryl methyl sites for hydroxylation is 2. The van der Waals surface area contributed by atoms with Crippen molar-refractivity contribution in [3.8, 4) is 0 Å². The van der Waals surface area contributed by atoms with Gasteiger partial charge in [-0.15, -0.1) is 0 Å². The van der Waals surface area contributed by atoms with Crippen LogP contribution in [0.2, 0.25) is 0 Å². The van der Waals surface area contributed by atoms with Gasteiger partial charge >= 0.3 is 0 Å². The summed E-state index contributed by atoms with van der Waals surface area (Å²) in [6.45, 7) is 4.84. The molecule has 2 aromatic rings. The molecule has 0 bridgehead atoms. The summed E-state index contributed by atoms with van der Waals surface area (Å²) in [6, 6.07) is 0. The van der Waals surface area contributed by atoms with Gasteiger partial charge in [0.15, 0.2) is 5.82 Å². The zero-order valence-corrected chi connectivity index (χ0v) is 13.0. The highest BCUT2D eigenvalue weighted by Crippen LogP contribution is 2.40. The number of hydrogen-bond donors (Lipinski definition) is 0. The first kappa shape index (κ1) is 13.9. The Kier molecular flexibility index (Phi) is 3.46. The molecule has 0 radical (unpaired) electrons. The summed E-state index contributed by atoms with van der Waals surface area (Å²) in [7, 11) is 1.95. The van der Waals surface area contributed by atoms with Crippen LogP contribution in [-0.4, -0.2) is 44.0 Å². The summed E-state index contributed by atoms with van der Waals surface area (Å²) >= 11 is 0. The van der Waals surface area contributed by atoms with E-state index in [2.05, 4.69) is 26.3 Å². The summed E-state index contributed by atoms with van der Waals surface area (Å²) in [4.78, 5) is 6.76. The van der Waals surface area contributed by atoms with E-state index in [-0.39, 0.29) is 12.2 Å². The number of likely N-dealkylation sites (tertiary alicyclic amines) is 1. The molecule has 2 aliphatic rings. The van der Waals surface area contributed by atoms with Gasteiger partial charge in [-0.05, 0) is 32.2 Å². The van der Waals surface area contributed by atoms with E-state index in [0.29, 0.717) is 17.6 Å². The van der Waals surface area contributed by atoms with Crippen molar-refractivity contribution in [2.45, 2.75) is 38.5 Å². The molecule has 0 amide bonds. The highest BCUT2D eigenvalue weighted by Gasteiger charge is 2.41. The lowest BCUT2D eigenvalue weighted by Gasteiger charge is -2.33. The Morgan fingerprint density at radius 1 is 1.41 bits per heavy atom. The van der Waals surface area contributed by atoms with E-state index in [1.807, 2.05) is 24.9 Å². The maximum absolute atomic E-state index is 6.18. The standard InChI is InChI=1S/C15H21N5O2/c1-10-17-15(22-18-10)13-5-12-3-4-20(9-14(12)21-13)8-11-6-16-19(2)7-11/h6-7,12-14H,3-5,8-9H2,1-2H3/t12-,13-,14+/m0/s1. The first-order chi connectivity index (χ1) is 10.7. The molecule has 2 aliphatic heterocycles. The highest BCUT2D eigenvalue weighted by atomic mass is 16.5. The fraction of sp³-hybridized carbons (Fsp3) is 0.667. The molecule has 118 valence electrons. The van der Waals surface area contributed by atoms with Crippen LogP contribution in [0.25, 0.3) is 0 Å². The quantitative estimate of drug-likeness (QED) is 0.855. The van der Waals surface area contributed by atoms with Gasteiger partial charge in [0, 0.05) is 31.9 Å². The number of rotatable bonds is 3. The Morgan fingerprint density at radius 3 is 3.05 bits per heavy atom. The minimum atomic E-state index is -0.0328. The van der Waals surface area contributed by atoms with Crippen LogP contribution in [0, 0.1) is 12.8 Å². The van der Waals surface area contributed by atoms with Crippen LogP contribution in [0.3, 0.4) is 0 Å². The largest absolute Gasteiger partial charge is 0.364 e. The van der Waals surface area contributed by atoms with E-state index in [1.54, 1.807) is 0 Å². The molecule has 2 saturated heterocycles. The first-order valence-corrected chi connectivity index (χ1v) is 7.83. The number of piperidine rings is 1. The van der Waals surface area contributed by atoms with Crippen LogP contribution < -0.4 is 0 Å². The smallest absolute Gasteiger partial charge is 0.255 e. The monoisotopic (exact) mass is 303 g/mol. The predicted octanol–water partition coefficient (Wildman–Crippen LogP) is 1.46. The second-order valence-corrected chi connectivity index (χ2v) is 6.38. The number of nitrogens with zero attached hydrogens (tertiary/aromatic N) is 5. The third-order valence-corrected chi connectivity index (χ3v) is 4.62. The molecule has 0 aliphatic carbocycles. The maximum Gasteiger partial charge on any atom is 0.255 e. The molecular weight excluding hydrogens is 282 g/mol. The van der Waals surface area contributed by atoms with Gasteiger partial charge in [0.1, 0.15) is 6.10 Å². The average molecular weight is 303 g/mol. The van der Waals surface area contributed by atoms with Gasteiger partial charge in [-0.1, -0.05) is 5.16 Å². The molecule has 4 rings (SSSR count). The molecule has 0 aromatic carbocycles. The number of aromatic nitrogens is 4. The van der Waals surface area contributed by atoms with E-state index in [1.165, 1.54) is 5.56 Å². The molecular formula is C15H21N5O2. The van der Waals surface area contributed by atoms with Gasteiger partial charge in [0.05, 0.1) is 12.3 Å². The van der Waals surface area contributed by atoms with Crippen molar-refractivity contribution in [2.75, 3.05) is 13.1 Å². The fourth-order valence-electron chi connectivity index (χ4n) is 3.55. The number of fused-ring (bicyclic) bond motifs is 1. The van der Waals surface area contributed by atoms with Gasteiger partial charge in [0.2, 0.25) is 0 Å². The second kappa shape index (κ2) is 5.48. The van der Waals surface area contributed by atoms with Gasteiger partial charge in [0.25, 0.3) is 5.89 Å². The van der Waals surface area contributed by atoms with Crippen LogP contribution in [0.5, 0.6) is 0 Å². The molecule has 4 heterocycles. The Bertz CT molecular complexity index is 652. The lowest BCUT2D eigenvalue weighted by atomic mass is 9.91. The molecule has 0 saturated carbocycles. The molecule has 7 nitrogen and oxygen atoms in total. The van der Waals surface area contributed by atoms with Crippen LogP contribution in [0.15, 0.2) is 16.9 Å². The summed E-state index contributed by atoms with van der Waals surface area (Å²) in [5.41, 5.74) is 1.25. The van der Waals surface area contributed by atoms with E-state index in [9.17, 15) is 0 Å². The van der Waals surface area contributed by atoms with Crippen LogP contribution in [-0.2, 0) is 18.3 Å². The molecule has 0 N–H and O–H groups in total. The Morgan fingerprint density at radius 2 is 2.32 bits per heavy atom. The van der Waals surface area contributed by atoms with Crippen molar-refractivity contribution in [2.24, 2.45) is 13.0 Å². The fourth-order valence-corrected chi connectivity index (χ4v) is 3.55. The molecule has 3 atom stereocenters. The zero-order valence-electron chi connectivity index (χ0n) is 13.0. The van der Waals surface area contributed by atoms with E-state index < -0.39 is 0 Å². The molecule has 2 aromatic heterocycles. The SMILES string of the molecule is Cc1noc([C@@H]2C[C@@H]3CCN(Cc4cnn(C)c4)C[C@H]3O2)n1. The third kappa shape index (κ3) is 2.66. The van der Waals surface area contributed by atoms with E-state index >= 15 is 0 Å². The first-order valence-electron chi connectivity index (χ1n) is 7.83. The highest BCUT2D eigenvalue weighted by molar-refractivity contribution is 5.04. The Labute approximate surface area is 129 Å². The van der Waals surface area contributed by atoms with Gasteiger partial charge in [-0.2, -0.15) is 10.1 Å². The van der Waals surface area contributed by atoms with Crippen molar-refractivity contribution >= 4 is 0 Å². The topological polar surface area (TPSA) is 69.2 Å². The maximum atomic E-state index is 6.18. The van der Waals surface area contributed by atoms with E-state index in [0.717, 1.165) is 32.5 Å². The van der Waals surface area contributed by atoms with E-state index in [4.69, 9.17) is 9.26 Å². The van der Waals surface area contributed by atoms with Crippen molar-refractivity contribution < 1.29 is 9.26 Å². The lowest BCUT2D eigenvalue weighted by molar-refractivity contribution is -0.0189. The minimum absolute atomic E-state index is 0.0328. The molecule has 0 spiro atoms. The number of ether oxygens (including phenoxy) is 1. The normalized spacial score (nSPS) is 28.9. The Hall–Kier alpha value is -1.73. The second-order valence-electron chi connectivity index (χ2n) is 6.38.